The van der Waals surface area contributed by atoms with E-state index in [0.29, 0.717) is 0 Å². The first-order chi connectivity index (χ1) is 7.56. The van der Waals surface area contributed by atoms with Gasteiger partial charge in [0.05, 0.1) is 29.3 Å². The van der Waals surface area contributed by atoms with E-state index >= 15 is 0 Å². The topological polar surface area (TPSA) is 101 Å². The lowest BCUT2D eigenvalue weighted by molar-refractivity contribution is 0.0785. The SMILES string of the molecule is CO[C@@H]1[C@H]2[C@@H](N=[N+]=[N-])[C@H](OC)CS(=O)(=O)[C@@H]12. The molecule has 16 heavy (non-hydrogen) atoms. The van der Waals surface area contributed by atoms with Gasteiger partial charge >= 0.3 is 0 Å². The van der Waals surface area contributed by atoms with Crippen LogP contribution in [0.1, 0.15) is 0 Å². The van der Waals surface area contributed by atoms with Gasteiger partial charge in [0, 0.05) is 25.0 Å². The number of rotatable bonds is 3. The molecule has 2 rings (SSSR count). The van der Waals surface area contributed by atoms with Gasteiger partial charge in [-0.2, -0.15) is 0 Å². The Kier molecular flexibility index (Phi) is 2.83. The minimum absolute atomic E-state index is 0.103. The number of nitrogens with zero attached hydrogens (tertiary/aromatic N) is 3. The summed E-state index contributed by atoms with van der Waals surface area (Å²) in [4.78, 5) is 2.75. The van der Waals surface area contributed by atoms with Crippen LogP contribution in [0.25, 0.3) is 10.4 Å². The Balaban J connectivity index is 2.32. The molecule has 0 unspecified atom stereocenters. The molecule has 1 aliphatic heterocycles. The number of azide groups is 1. The van der Waals surface area contributed by atoms with Crippen molar-refractivity contribution in [3.05, 3.63) is 10.4 Å². The molecule has 0 spiro atoms. The maximum atomic E-state index is 11.8. The molecule has 1 saturated heterocycles. The molecule has 0 aromatic rings. The average Bonchev–Trinajstić information content (AvgIpc) is 2.97. The van der Waals surface area contributed by atoms with E-state index in [1.165, 1.54) is 14.2 Å². The highest BCUT2D eigenvalue weighted by Gasteiger charge is 2.66. The average molecular weight is 247 g/mol. The molecule has 0 N–H and O–H groups in total. The molecule has 2 fully saturated rings. The summed E-state index contributed by atoms with van der Waals surface area (Å²) in [5, 5.41) is 3.11. The summed E-state index contributed by atoms with van der Waals surface area (Å²) < 4.78 is 33.8. The van der Waals surface area contributed by atoms with Crippen molar-refractivity contribution in [2.45, 2.75) is 23.5 Å². The van der Waals surface area contributed by atoms with Crippen molar-refractivity contribution < 1.29 is 17.9 Å². The molecule has 1 saturated carbocycles. The molecule has 0 radical (unpaired) electrons. The van der Waals surface area contributed by atoms with Gasteiger partial charge in [0.15, 0.2) is 9.84 Å². The zero-order valence-electron chi connectivity index (χ0n) is 8.98. The van der Waals surface area contributed by atoms with E-state index < -0.39 is 27.2 Å². The Morgan fingerprint density at radius 2 is 2.06 bits per heavy atom. The molecule has 0 amide bonds. The van der Waals surface area contributed by atoms with Gasteiger partial charge in [0.1, 0.15) is 0 Å². The third kappa shape index (κ3) is 1.58. The van der Waals surface area contributed by atoms with Gasteiger partial charge < -0.3 is 9.47 Å². The fourth-order valence-corrected chi connectivity index (χ4v) is 4.92. The largest absolute Gasteiger partial charge is 0.380 e. The molecule has 0 aromatic heterocycles. The van der Waals surface area contributed by atoms with E-state index in [-0.39, 0.29) is 17.8 Å². The lowest BCUT2D eigenvalue weighted by Gasteiger charge is -2.25. The van der Waals surface area contributed by atoms with Gasteiger partial charge in [-0.15, -0.1) is 0 Å². The predicted octanol–water partition coefficient (Wildman–Crippen LogP) is 0.122. The summed E-state index contributed by atoms with van der Waals surface area (Å²) in [6.45, 7) is 0. The quantitative estimate of drug-likeness (QED) is 0.401. The number of fused-ring (bicyclic) bond motifs is 1. The Hall–Kier alpha value is -0.820. The highest BCUT2D eigenvalue weighted by molar-refractivity contribution is 7.92. The van der Waals surface area contributed by atoms with Crippen molar-refractivity contribution >= 4 is 9.84 Å². The zero-order chi connectivity index (χ0) is 11.9. The van der Waals surface area contributed by atoms with Crippen LogP contribution in [0.3, 0.4) is 0 Å². The number of ether oxygens (including phenoxy) is 2. The number of methoxy groups -OCH3 is 2. The molecule has 2 aliphatic rings. The summed E-state index contributed by atoms with van der Waals surface area (Å²) in [5.41, 5.74) is 8.47. The van der Waals surface area contributed by atoms with Crippen molar-refractivity contribution in [2.24, 2.45) is 11.0 Å². The molecule has 1 heterocycles. The van der Waals surface area contributed by atoms with E-state index in [0.717, 1.165) is 0 Å². The van der Waals surface area contributed by atoms with Crippen LogP contribution in [0, 0.1) is 5.92 Å². The monoisotopic (exact) mass is 247 g/mol. The maximum Gasteiger partial charge on any atom is 0.158 e. The molecule has 8 heteroatoms. The number of hydrogen-bond donors (Lipinski definition) is 0. The van der Waals surface area contributed by atoms with Crippen LogP contribution in [-0.2, 0) is 19.3 Å². The normalized spacial score (nSPS) is 44.2. The van der Waals surface area contributed by atoms with Gasteiger partial charge in [0.25, 0.3) is 0 Å². The molecule has 0 bridgehead atoms. The summed E-state index contributed by atoms with van der Waals surface area (Å²) in [7, 11) is -0.307. The Bertz CT molecular complexity index is 431. The molecule has 90 valence electrons. The first-order valence-electron chi connectivity index (χ1n) is 4.88. The smallest absolute Gasteiger partial charge is 0.158 e. The minimum Gasteiger partial charge on any atom is -0.380 e. The van der Waals surface area contributed by atoms with Crippen LogP contribution in [0.15, 0.2) is 5.11 Å². The molecular formula is C8H13N3O4S. The van der Waals surface area contributed by atoms with Crippen LogP contribution in [0.2, 0.25) is 0 Å². The van der Waals surface area contributed by atoms with Crippen LogP contribution in [-0.4, -0.2) is 51.9 Å². The Labute approximate surface area is 93.3 Å². The van der Waals surface area contributed by atoms with Crippen molar-refractivity contribution in [1.29, 1.82) is 0 Å². The van der Waals surface area contributed by atoms with E-state index in [9.17, 15) is 8.42 Å². The van der Waals surface area contributed by atoms with Crippen molar-refractivity contribution in [3.63, 3.8) is 0 Å². The second-order valence-electron chi connectivity index (χ2n) is 4.04. The van der Waals surface area contributed by atoms with Gasteiger partial charge in [0.2, 0.25) is 0 Å². The molecule has 7 nitrogen and oxygen atoms in total. The van der Waals surface area contributed by atoms with Gasteiger partial charge in [-0.05, 0) is 5.53 Å². The summed E-state index contributed by atoms with van der Waals surface area (Å²) >= 11 is 0. The lowest BCUT2D eigenvalue weighted by Crippen LogP contribution is -2.41. The van der Waals surface area contributed by atoms with Crippen molar-refractivity contribution in [1.82, 2.24) is 0 Å². The third-order valence-electron chi connectivity index (χ3n) is 3.29. The lowest BCUT2D eigenvalue weighted by atomic mass is 10.1. The Morgan fingerprint density at radius 1 is 1.38 bits per heavy atom. The predicted molar refractivity (Wildman–Crippen MR) is 55.6 cm³/mol. The van der Waals surface area contributed by atoms with Gasteiger partial charge in [-0.1, -0.05) is 5.11 Å². The number of sulfone groups is 1. The first-order valence-corrected chi connectivity index (χ1v) is 6.59. The first kappa shape index (κ1) is 11.7. The summed E-state index contributed by atoms with van der Waals surface area (Å²) in [6.07, 6.45) is -0.928. The second-order valence-corrected chi connectivity index (χ2v) is 6.24. The second kappa shape index (κ2) is 3.89. The third-order valence-corrected chi connectivity index (χ3v) is 5.49. The van der Waals surface area contributed by atoms with E-state index in [1.54, 1.807) is 0 Å². The zero-order valence-corrected chi connectivity index (χ0v) is 9.79. The van der Waals surface area contributed by atoms with Crippen LogP contribution >= 0.6 is 0 Å². The highest BCUT2D eigenvalue weighted by atomic mass is 32.2. The standard InChI is InChI=1S/C8H13N3O4S/c1-14-4-3-16(12,13)8-5(7(8)15-2)6(4)10-11-9/h4-8H,3H2,1-2H3/t4-,5-,6+,7-,8-/m1/s1. The van der Waals surface area contributed by atoms with Gasteiger partial charge in [-0.25, -0.2) is 8.42 Å². The Morgan fingerprint density at radius 3 is 2.56 bits per heavy atom. The van der Waals surface area contributed by atoms with E-state index in [1.807, 2.05) is 0 Å². The molecule has 0 aromatic carbocycles. The van der Waals surface area contributed by atoms with Crippen LogP contribution < -0.4 is 0 Å². The van der Waals surface area contributed by atoms with Crippen LogP contribution in [0.4, 0.5) is 0 Å². The highest BCUT2D eigenvalue weighted by Crippen LogP contribution is 2.49. The van der Waals surface area contributed by atoms with Crippen molar-refractivity contribution in [2.75, 3.05) is 20.0 Å². The summed E-state index contributed by atoms with van der Waals surface area (Å²) in [6, 6.07) is -0.450. The fraction of sp³-hybridized carbons (Fsp3) is 1.00. The molecule has 5 atom stereocenters. The van der Waals surface area contributed by atoms with E-state index in [4.69, 9.17) is 15.0 Å². The van der Waals surface area contributed by atoms with Crippen molar-refractivity contribution in [3.8, 4) is 0 Å². The maximum absolute atomic E-state index is 11.8. The molecular weight excluding hydrogens is 234 g/mol. The van der Waals surface area contributed by atoms with E-state index in [2.05, 4.69) is 10.0 Å². The minimum atomic E-state index is -3.19. The van der Waals surface area contributed by atoms with Crippen LogP contribution in [0.5, 0.6) is 0 Å². The molecule has 1 aliphatic carbocycles. The summed E-state index contributed by atoms with van der Waals surface area (Å²) in [5.74, 6) is -0.363. The fourth-order valence-electron chi connectivity index (χ4n) is 2.51. The number of hydrogen-bond acceptors (Lipinski definition) is 5. The van der Waals surface area contributed by atoms with Gasteiger partial charge in [-0.3, -0.25) is 0 Å².